The topological polar surface area (TPSA) is 65.6 Å². The fraction of sp³-hybridized carbons (Fsp3) is 0.273. The molecule has 0 saturated carbocycles. The van der Waals surface area contributed by atoms with E-state index >= 15 is 0 Å². The number of nitriles is 1. The van der Waals surface area contributed by atoms with Crippen LogP contribution in [0.15, 0.2) is 22.4 Å². The summed E-state index contributed by atoms with van der Waals surface area (Å²) in [6.07, 6.45) is -4.61. The first-order valence-electron chi connectivity index (χ1n) is 5.16. The standard InChI is InChI=1S/C11H5BrCl2F3N3O/c12-3-9(21)8(4-18)19-20-10-6(13)1-5(2-7(10)14)11(15,16)17/h1-2,8H,3H2/b20-19+. The van der Waals surface area contributed by atoms with Crippen molar-refractivity contribution in [2.45, 2.75) is 12.2 Å². The van der Waals surface area contributed by atoms with Crippen LogP contribution in [0.3, 0.4) is 0 Å². The van der Waals surface area contributed by atoms with Crippen LogP contribution in [0.2, 0.25) is 10.0 Å². The molecule has 1 aromatic carbocycles. The normalized spacial score (nSPS) is 13.2. The van der Waals surface area contributed by atoms with Crippen molar-refractivity contribution in [2.24, 2.45) is 10.2 Å². The van der Waals surface area contributed by atoms with Crippen molar-refractivity contribution in [1.82, 2.24) is 0 Å². The molecule has 1 aromatic rings. The number of carbonyl (C=O) groups excluding carboxylic acids is 1. The second kappa shape index (κ2) is 7.20. The van der Waals surface area contributed by atoms with Crippen molar-refractivity contribution in [3.05, 3.63) is 27.7 Å². The lowest BCUT2D eigenvalue weighted by Gasteiger charge is -2.09. The number of nitrogens with zero attached hydrogens (tertiary/aromatic N) is 3. The largest absolute Gasteiger partial charge is 0.416 e. The number of rotatable bonds is 4. The Labute approximate surface area is 135 Å². The predicted octanol–water partition coefficient (Wildman–Crippen LogP) is 4.95. The number of azo groups is 1. The second-order valence-corrected chi connectivity index (χ2v) is 5.01. The molecule has 21 heavy (non-hydrogen) atoms. The fourth-order valence-electron chi connectivity index (χ4n) is 1.18. The van der Waals surface area contributed by atoms with Crippen molar-refractivity contribution in [3.63, 3.8) is 0 Å². The van der Waals surface area contributed by atoms with E-state index in [-0.39, 0.29) is 21.1 Å². The van der Waals surface area contributed by atoms with Crippen LogP contribution in [0.5, 0.6) is 0 Å². The Morgan fingerprint density at radius 1 is 1.38 bits per heavy atom. The van der Waals surface area contributed by atoms with Gasteiger partial charge in [-0.25, -0.2) is 0 Å². The number of Topliss-reactive ketones (excluding diaryl/α,β-unsaturated/α-hetero) is 1. The smallest absolute Gasteiger partial charge is 0.295 e. The monoisotopic (exact) mass is 401 g/mol. The molecule has 0 aliphatic carbocycles. The first-order chi connectivity index (χ1) is 9.70. The van der Waals surface area contributed by atoms with E-state index in [2.05, 4.69) is 26.2 Å². The maximum Gasteiger partial charge on any atom is 0.416 e. The number of alkyl halides is 4. The van der Waals surface area contributed by atoms with E-state index in [9.17, 15) is 18.0 Å². The molecule has 0 radical (unpaired) electrons. The Hall–Kier alpha value is -1.17. The van der Waals surface area contributed by atoms with Crippen molar-refractivity contribution < 1.29 is 18.0 Å². The van der Waals surface area contributed by atoms with Gasteiger partial charge in [0.05, 0.1) is 27.0 Å². The summed E-state index contributed by atoms with van der Waals surface area (Å²) in [5.41, 5.74) is -1.28. The van der Waals surface area contributed by atoms with E-state index in [0.717, 1.165) is 0 Å². The van der Waals surface area contributed by atoms with E-state index in [1.807, 2.05) is 0 Å². The zero-order chi connectivity index (χ0) is 16.2. The van der Waals surface area contributed by atoms with Gasteiger partial charge in [-0.3, -0.25) is 4.79 Å². The van der Waals surface area contributed by atoms with E-state index in [1.165, 1.54) is 0 Å². The average molecular weight is 403 g/mol. The van der Waals surface area contributed by atoms with Crippen molar-refractivity contribution in [3.8, 4) is 6.07 Å². The summed E-state index contributed by atoms with van der Waals surface area (Å²) in [6, 6.07) is 1.47. The molecule has 0 bridgehead atoms. The zero-order valence-corrected chi connectivity index (χ0v) is 13.1. The van der Waals surface area contributed by atoms with Gasteiger partial charge in [-0.15, -0.1) is 0 Å². The van der Waals surface area contributed by atoms with Crippen molar-refractivity contribution >= 4 is 50.6 Å². The first kappa shape index (κ1) is 17.9. The summed E-state index contributed by atoms with van der Waals surface area (Å²) >= 11 is 14.2. The van der Waals surface area contributed by atoms with Crippen LogP contribution in [0.4, 0.5) is 18.9 Å². The molecule has 0 aliphatic heterocycles. The molecule has 0 aromatic heterocycles. The van der Waals surface area contributed by atoms with Gasteiger partial charge < -0.3 is 0 Å². The molecule has 4 nitrogen and oxygen atoms in total. The van der Waals surface area contributed by atoms with Gasteiger partial charge in [0.15, 0.2) is 5.78 Å². The van der Waals surface area contributed by atoms with Gasteiger partial charge in [-0.05, 0) is 12.1 Å². The highest BCUT2D eigenvalue weighted by Crippen LogP contribution is 2.40. The minimum absolute atomic E-state index is 0.112. The molecule has 10 heteroatoms. The third-order valence-electron chi connectivity index (χ3n) is 2.18. The van der Waals surface area contributed by atoms with Crippen LogP contribution >= 0.6 is 39.1 Å². The Kier molecular flexibility index (Phi) is 6.13. The van der Waals surface area contributed by atoms with Crippen molar-refractivity contribution in [2.75, 3.05) is 5.33 Å². The number of ketones is 1. The van der Waals surface area contributed by atoms with E-state index in [4.69, 9.17) is 28.5 Å². The lowest BCUT2D eigenvalue weighted by Crippen LogP contribution is -2.16. The molecule has 0 spiro atoms. The first-order valence-corrected chi connectivity index (χ1v) is 7.03. The summed E-state index contributed by atoms with van der Waals surface area (Å²) < 4.78 is 37.6. The molecule has 0 aliphatic rings. The lowest BCUT2D eigenvalue weighted by molar-refractivity contribution is -0.137. The van der Waals surface area contributed by atoms with Gasteiger partial charge >= 0.3 is 6.18 Å². The SMILES string of the molecule is N#CC(/N=N/c1c(Cl)cc(C(F)(F)F)cc1Cl)C(=O)CBr. The maximum atomic E-state index is 12.5. The summed E-state index contributed by atoms with van der Waals surface area (Å²) in [4.78, 5) is 11.3. The molecule has 0 amide bonds. The van der Waals surface area contributed by atoms with Crippen LogP contribution in [-0.4, -0.2) is 17.2 Å². The molecular formula is C11H5BrCl2F3N3O. The molecular weight excluding hydrogens is 398 g/mol. The number of hydrogen-bond donors (Lipinski definition) is 0. The van der Waals surface area contributed by atoms with E-state index < -0.39 is 23.6 Å². The number of halogens is 6. The number of benzene rings is 1. The molecule has 0 heterocycles. The highest BCUT2D eigenvalue weighted by Gasteiger charge is 2.32. The minimum atomic E-state index is -4.61. The predicted molar refractivity (Wildman–Crippen MR) is 74.2 cm³/mol. The average Bonchev–Trinajstić information content (AvgIpc) is 2.40. The van der Waals surface area contributed by atoms with Gasteiger partial charge in [-0.1, -0.05) is 39.1 Å². The van der Waals surface area contributed by atoms with Gasteiger partial charge in [0, 0.05) is 0 Å². The molecule has 0 saturated heterocycles. The molecule has 1 atom stereocenters. The minimum Gasteiger partial charge on any atom is -0.295 e. The highest BCUT2D eigenvalue weighted by molar-refractivity contribution is 9.09. The summed E-state index contributed by atoms with van der Waals surface area (Å²) in [6.45, 7) is 0. The summed E-state index contributed by atoms with van der Waals surface area (Å²) in [7, 11) is 0. The van der Waals surface area contributed by atoms with Crippen LogP contribution in [0, 0.1) is 11.3 Å². The summed E-state index contributed by atoms with van der Waals surface area (Å²) in [5.74, 6) is -0.555. The van der Waals surface area contributed by atoms with Crippen molar-refractivity contribution in [1.29, 1.82) is 5.26 Å². The molecule has 0 N–H and O–H groups in total. The second-order valence-electron chi connectivity index (χ2n) is 3.63. The third kappa shape index (κ3) is 4.66. The van der Waals surface area contributed by atoms with Crippen LogP contribution in [0.25, 0.3) is 0 Å². The van der Waals surface area contributed by atoms with Crippen LogP contribution in [0.1, 0.15) is 5.56 Å². The maximum absolute atomic E-state index is 12.5. The summed E-state index contributed by atoms with van der Waals surface area (Å²) in [5, 5.41) is 14.8. The van der Waals surface area contributed by atoms with E-state index in [0.29, 0.717) is 12.1 Å². The fourth-order valence-corrected chi connectivity index (χ4v) is 2.04. The van der Waals surface area contributed by atoms with Gasteiger partial charge in [0.25, 0.3) is 0 Å². The van der Waals surface area contributed by atoms with Gasteiger partial charge in [-0.2, -0.15) is 28.7 Å². The quantitative estimate of drug-likeness (QED) is 0.528. The Bertz CT molecular complexity index is 605. The third-order valence-corrected chi connectivity index (χ3v) is 3.31. The molecule has 1 unspecified atom stereocenters. The molecule has 112 valence electrons. The zero-order valence-electron chi connectivity index (χ0n) is 9.96. The number of carbonyl (C=O) groups is 1. The molecule has 0 fully saturated rings. The van der Waals surface area contributed by atoms with E-state index in [1.54, 1.807) is 6.07 Å². The van der Waals surface area contributed by atoms with Gasteiger partial charge in [0.2, 0.25) is 6.04 Å². The lowest BCUT2D eigenvalue weighted by atomic mass is 10.2. The Morgan fingerprint density at radius 3 is 2.29 bits per heavy atom. The molecule has 1 rings (SSSR count). The van der Waals surface area contributed by atoms with Crippen LogP contribution in [-0.2, 0) is 11.0 Å². The van der Waals surface area contributed by atoms with Crippen LogP contribution < -0.4 is 0 Å². The number of hydrogen-bond acceptors (Lipinski definition) is 4. The van der Waals surface area contributed by atoms with Gasteiger partial charge in [0.1, 0.15) is 5.69 Å². The highest BCUT2D eigenvalue weighted by atomic mass is 79.9. The Morgan fingerprint density at radius 2 is 1.90 bits per heavy atom. The Balaban J connectivity index is 3.16.